The van der Waals surface area contributed by atoms with E-state index in [1.165, 1.54) is 17.3 Å². The van der Waals surface area contributed by atoms with Crippen molar-refractivity contribution < 1.29 is 4.79 Å². The molecule has 128 valence electrons. The molecule has 0 spiro atoms. The van der Waals surface area contributed by atoms with E-state index in [0.29, 0.717) is 5.75 Å². The van der Waals surface area contributed by atoms with E-state index in [1.807, 2.05) is 54.9 Å². The molecule has 3 rings (SSSR count). The van der Waals surface area contributed by atoms with Gasteiger partial charge in [-0.3, -0.25) is 9.36 Å². The van der Waals surface area contributed by atoms with Gasteiger partial charge in [-0.1, -0.05) is 36.0 Å². The van der Waals surface area contributed by atoms with Crippen molar-refractivity contribution >= 4 is 23.4 Å². The lowest BCUT2D eigenvalue weighted by molar-refractivity contribution is -0.113. The molecular weight excluding hydrogens is 330 g/mol. The highest BCUT2D eigenvalue weighted by Gasteiger charge is 2.10. The fraction of sp³-hybridized carbons (Fsp3) is 0.200. The number of rotatable bonds is 5. The lowest BCUT2D eigenvalue weighted by Crippen LogP contribution is -2.15. The summed E-state index contributed by atoms with van der Waals surface area (Å²) in [5.74, 6) is 0.286. The van der Waals surface area contributed by atoms with Crippen molar-refractivity contribution in [3.8, 4) is 5.69 Å². The first-order chi connectivity index (χ1) is 12.0. The molecule has 1 N–H and O–H groups in total. The number of aromatic nitrogens is 2. The Hall–Kier alpha value is -2.53. The molecule has 0 bridgehead atoms. The number of hydrogen-bond acceptors (Lipinski definition) is 3. The average Bonchev–Trinajstić information content (AvgIpc) is 3.05. The quantitative estimate of drug-likeness (QED) is 0.687. The van der Waals surface area contributed by atoms with Gasteiger partial charge in [-0.25, -0.2) is 4.98 Å². The molecule has 0 fully saturated rings. The zero-order valence-corrected chi connectivity index (χ0v) is 15.4. The summed E-state index contributed by atoms with van der Waals surface area (Å²) in [5.41, 5.74) is 5.30. The summed E-state index contributed by atoms with van der Waals surface area (Å²) in [6.45, 7) is 6.07. The Labute approximate surface area is 152 Å². The van der Waals surface area contributed by atoms with E-state index in [-0.39, 0.29) is 5.91 Å². The first-order valence-electron chi connectivity index (χ1n) is 8.13. The van der Waals surface area contributed by atoms with Gasteiger partial charge < -0.3 is 5.32 Å². The van der Waals surface area contributed by atoms with Crippen LogP contribution in [0.4, 0.5) is 5.69 Å². The Morgan fingerprint density at radius 3 is 2.72 bits per heavy atom. The number of nitrogens with zero attached hydrogens (tertiary/aromatic N) is 2. The second-order valence-corrected chi connectivity index (χ2v) is 7.02. The van der Waals surface area contributed by atoms with Crippen LogP contribution in [0.5, 0.6) is 0 Å². The molecule has 4 nitrogen and oxygen atoms in total. The van der Waals surface area contributed by atoms with Gasteiger partial charge in [0.1, 0.15) is 0 Å². The van der Waals surface area contributed by atoms with Crippen LogP contribution in [0.2, 0.25) is 0 Å². The number of thioether (sulfide) groups is 1. The summed E-state index contributed by atoms with van der Waals surface area (Å²) in [4.78, 5) is 16.7. The Morgan fingerprint density at radius 1 is 1.12 bits per heavy atom. The smallest absolute Gasteiger partial charge is 0.234 e. The normalized spacial score (nSPS) is 10.7. The van der Waals surface area contributed by atoms with E-state index in [1.54, 1.807) is 6.20 Å². The summed E-state index contributed by atoms with van der Waals surface area (Å²) in [7, 11) is 0. The van der Waals surface area contributed by atoms with Gasteiger partial charge in [-0.2, -0.15) is 0 Å². The molecule has 0 aliphatic heterocycles. The van der Waals surface area contributed by atoms with Crippen molar-refractivity contribution in [2.24, 2.45) is 0 Å². The van der Waals surface area contributed by atoms with Crippen LogP contribution in [-0.4, -0.2) is 21.2 Å². The molecule has 5 heteroatoms. The van der Waals surface area contributed by atoms with Crippen LogP contribution in [-0.2, 0) is 4.79 Å². The third kappa shape index (κ3) is 4.31. The van der Waals surface area contributed by atoms with E-state index < -0.39 is 0 Å². The second kappa shape index (κ2) is 7.57. The van der Waals surface area contributed by atoms with E-state index in [9.17, 15) is 4.79 Å². The third-order valence-corrected chi connectivity index (χ3v) is 4.85. The average molecular weight is 351 g/mol. The van der Waals surface area contributed by atoms with Crippen molar-refractivity contribution in [1.82, 2.24) is 9.55 Å². The second-order valence-electron chi connectivity index (χ2n) is 6.07. The van der Waals surface area contributed by atoms with Gasteiger partial charge in [0, 0.05) is 23.8 Å². The van der Waals surface area contributed by atoms with Crippen molar-refractivity contribution in [2.45, 2.75) is 25.9 Å². The van der Waals surface area contributed by atoms with Gasteiger partial charge >= 0.3 is 0 Å². The Bertz CT molecular complexity index is 901. The number of benzene rings is 2. The molecule has 2 aromatic carbocycles. The van der Waals surface area contributed by atoms with Crippen LogP contribution in [0.3, 0.4) is 0 Å². The number of amides is 1. The molecule has 0 aliphatic rings. The first kappa shape index (κ1) is 17.3. The molecule has 3 aromatic rings. The summed E-state index contributed by atoms with van der Waals surface area (Å²) >= 11 is 1.43. The molecule has 0 aliphatic carbocycles. The zero-order valence-electron chi connectivity index (χ0n) is 14.6. The largest absolute Gasteiger partial charge is 0.325 e. The number of nitrogens with one attached hydrogen (secondary N) is 1. The van der Waals surface area contributed by atoms with E-state index >= 15 is 0 Å². The van der Waals surface area contributed by atoms with Crippen LogP contribution < -0.4 is 5.32 Å². The molecule has 1 amide bonds. The van der Waals surface area contributed by atoms with Crippen LogP contribution in [0.15, 0.2) is 60.0 Å². The maximum absolute atomic E-state index is 12.3. The minimum atomic E-state index is -0.0301. The number of carbonyl (C=O) groups excluding carboxylic acids is 1. The van der Waals surface area contributed by atoms with Crippen LogP contribution in [0.1, 0.15) is 16.7 Å². The Kier molecular flexibility index (Phi) is 5.24. The molecule has 1 heterocycles. The predicted octanol–water partition coefficient (Wildman–Crippen LogP) is 4.53. The molecule has 0 saturated carbocycles. The van der Waals surface area contributed by atoms with Gasteiger partial charge in [-0.15, -0.1) is 0 Å². The van der Waals surface area contributed by atoms with E-state index in [2.05, 4.69) is 29.4 Å². The summed E-state index contributed by atoms with van der Waals surface area (Å²) in [6.07, 6.45) is 3.67. The van der Waals surface area contributed by atoms with Crippen molar-refractivity contribution in [2.75, 3.05) is 11.1 Å². The summed E-state index contributed by atoms with van der Waals surface area (Å²) < 4.78 is 2.00. The van der Waals surface area contributed by atoms with Gasteiger partial charge in [-0.05, 0) is 55.7 Å². The van der Waals surface area contributed by atoms with Crippen molar-refractivity contribution in [1.29, 1.82) is 0 Å². The van der Waals surface area contributed by atoms with Crippen molar-refractivity contribution in [3.63, 3.8) is 0 Å². The zero-order chi connectivity index (χ0) is 17.8. The minimum Gasteiger partial charge on any atom is -0.325 e. The van der Waals surface area contributed by atoms with Crippen LogP contribution in [0.25, 0.3) is 5.69 Å². The van der Waals surface area contributed by atoms with E-state index in [4.69, 9.17) is 0 Å². The molecule has 0 saturated heterocycles. The van der Waals surface area contributed by atoms with Gasteiger partial charge in [0.2, 0.25) is 5.91 Å². The number of carbonyl (C=O) groups is 1. The van der Waals surface area contributed by atoms with Gasteiger partial charge in [0.25, 0.3) is 0 Å². The number of hydrogen-bond donors (Lipinski definition) is 1. The molecule has 25 heavy (non-hydrogen) atoms. The highest BCUT2D eigenvalue weighted by atomic mass is 32.2. The maximum atomic E-state index is 12.3. The number of anilines is 1. The van der Waals surface area contributed by atoms with Crippen LogP contribution >= 0.6 is 11.8 Å². The fourth-order valence-electron chi connectivity index (χ4n) is 2.56. The fourth-order valence-corrected chi connectivity index (χ4v) is 3.33. The van der Waals surface area contributed by atoms with Crippen molar-refractivity contribution in [3.05, 3.63) is 71.5 Å². The number of aryl methyl sites for hydroxylation is 3. The molecule has 0 atom stereocenters. The number of imidazole rings is 1. The molecule has 0 unspecified atom stereocenters. The maximum Gasteiger partial charge on any atom is 0.234 e. The standard InChI is InChI=1S/C20H21N3OS/c1-14-5-4-6-17(11-14)23-10-9-21-20(23)25-13-19(24)22-18-12-15(2)7-8-16(18)3/h4-12H,13H2,1-3H3,(H,22,24). The SMILES string of the molecule is Cc1cccc(-n2ccnc2SCC(=O)Nc2cc(C)ccc2C)c1. The Morgan fingerprint density at radius 2 is 1.92 bits per heavy atom. The lowest BCUT2D eigenvalue weighted by atomic mass is 10.1. The molecular formula is C20H21N3OS. The predicted molar refractivity (Wildman–Crippen MR) is 104 cm³/mol. The first-order valence-corrected chi connectivity index (χ1v) is 9.12. The highest BCUT2D eigenvalue weighted by Crippen LogP contribution is 2.22. The van der Waals surface area contributed by atoms with Gasteiger partial charge in [0.05, 0.1) is 5.75 Å². The Balaban J connectivity index is 1.67. The van der Waals surface area contributed by atoms with Gasteiger partial charge in [0.15, 0.2) is 5.16 Å². The highest BCUT2D eigenvalue weighted by molar-refractivity contribution is 7.99. The van der Waals surface area contributed by atoms with E-state index in [0.717, 1.165) is 27.7 Å². The topological polar surface area (TPSA) is 46.9 Å². The summed E-state index contributed by atoms with van der Waals surface area (Å²) in [6, 6.07) is 14.3. The monoisotopic (exact) mass is 351 g/mol. The molecule has 1 aromatic heterocycles. The van der Waals surface area contributed by atoms with Crippen LogP contribution in [0, 0.1) is 20.8 Å². The third-order valence-electron chi connectivity index (χ3n) is 3.89. The molecule has 0 radical (unpaired) electrons. The summed E-state index contributed by atoms with van der Waals surface area (Å²) in [5, 5.41) is 3.79. The minimum absolute atomic E-state index is 0.0301. The lowest BCUT2D eigenvalue weighted by Gasteiger charge is -2.10.